The highest BCUT2D eigenvalue weighted by molar-refractivity contribution is 6.05. The van der Waals surface area contributed by atoms with Gasteiger partial charge >= 0.3 is 5.97 Å². The Labute approximate surface area is 162 Å². The van der Waals surface area contributed by atoms with Crippen molar-refractivity contribution in [1.82, 2.24) is 5.32 Å². The fourth-order valence-electron chi connectivity index (χ4n) is 2.64. The Hall–Kier alpha value is -3.41. The Morgan fingerprint density at radius 3 is 2.32 bits per heavy atom. The molecular formula is C22H21NO5. The molecule has 6 nitrogen and oxygen atoms in total. The number of amides is 2. The first-order valence-corrected chi connectivity index (χ1v) is 8.84. The zero-order valence-electron chi connectivity index (χ0n) is 15.9. The third kappa shape index (κ3) is 4.46. The minimum absolute atomic E-state index is 0.00176. The number of para-hydroxylation sites is 1. The fraction of sp³-hybridized carbons (Fsp3) is 0.227. The van der Waals surface area contributed by atoms with Gasteiger partial charge in [0.15, 0.2) is 6.61 Å². The Bertz CT molecular complexity index is 992. The molecule has 0 radical (unpaired) electrons. The van der Waals surface area contributed by atoms with Crippen LogP contribution in [0.4, 0.5) is 0 Å². The highest BCUT2D eigenvalue weighted by Gasteiger charge is 2.18. The van der Waals surface area contributed by atoms with Crippen molar-refractivity contribution in [2.24, 2.45) is 0 Å². The summed E-state index contributed by atoms with van der Waals surface area (Å²) in [5.74, 6) is -2.04. The summed E-state index contributed by atoms with van der Waals surface area (Å²) in [5, 5.41) is 2.96. The largest absolute Gasteiger partial charge is 0.450 e. The maximum Gasteiger partial charge on any atom is 0.374 e. The highest BCUT2D eigenvalue weighted by Crippen LogP contribution is 2.22. The molecule has 28 heavy (non-hydrogen) atoms. The first-order chi connectivity index (χ1) is 13.2. The number of nitrogens with one attached hydrogen (secondary N) is 1. The summed E-state index contributed by atoms with van der Waals surface area (Å²) in [7, 11) is 0. The quantitative estimate of drug-likeness (QED) is 0.696. The van der Waals surface area contributed by atoms with Crippen molar-refractivity contribution in [3.8, 4) is 0 Å². The van der Waals surface area contributed by atoms with Gasteiger partial charge in [0, 0.05) is 10.9 Å². The predicted octanol–water partition coefficient (Wildman–Crippen LogP) is 3.84. The molecule has 0 atom stereocenters. The van der Waals surface area contributed by atoms with E-state index in [1.165, 1.54) is 6.07 Å². The molecule has 1 aromatic heterocycles. The van der Waals surface area contributed by atoms with Crippen molar-refractivity contribution in [3.63, 3.8) is 0 Å². The van der Waals surface area contributed by atoms with Crippen LogP contribution in [0.3, 0.4) is 0 Å². The number of benzene rings is 2. The second-order valence-electron chi connectivity index (χ2n) is 7.43. The van der Waals surface area contributed by atoms with Crippen molar-refractivity contribution in [2.45, 2.75) is 26.2 Å². The van der Waals surface area contributed by atoms with E-state index < -0.39 is 24.4 Å². The topological polar surface area (TPSA) is 85.6 Å². The van der Waals surface area contributed by atoms with Gasteiger partial charge in [-0.3, -0.25) is 14.9 Å². The summed E-state index contributed by atoms with van der Waals surface area (Å²) in [6.07, 6.45) is 0. The average Bonchev–Trinajstić information content (AvgIpc) is 3.10. The molecule has 0 spiro atoms. The molecule has 3 rings (SSSR count). The minimum atomic E-state index is -0.770. The van der Waals surface area contributed by atoms with Crippen molar-refractivity contribution in [3.05, 3.63) is 71.5 Å². The van der Waals surface area contributed by atoms with Gasteiger partial charge in [-0.15, -0.1) is 0 Å². The van der Waals surface area contributed by atoms with Crippen LogP contribution >= 0.6 is 0 Å². The lowest BCUT2D eigenvalue weighted by Crippen LogP contribution is -2.34. The molecule has 0 unspecified atom stereocenters. The van der Waals surface area contributed by atoms with E-state index in [9.17, 15) is 14.4 Å². The third-order valence-corrected chi connectivity index (χ3v) is 4.23. The van der Waals surface area contributed by atoms with Crippen LogP contribution in [0, 0.1) is 0 Å². The minimum Gasteiger partial charge on any atom is -0.450 e. The van der Waals surface area contributed by atoms with Gasteiger partial charge in [0.05, 0.1) is 0 Å². The van der Waals surface area contributed by atoms with E-state index in [0.29, 0.717) is 11.1 Å². The average molecular weight is 379 g/mol. The van der Waals surface area contributed by atoms with Crippen molar-refractivity contribution < 1.29 is 23.5 Å². The molecule has 0 aliphatic carbocycles. The lowest BCUT2D eigenvalue weighted by atomic mass is 9.87. The second-order valence-corrected chi connectivity index (χ2v) is 7.43. The van der Waals surface area contributed by atoms with Crippen LogP contribution in [0.25, 0.3) is 11.0 Å². The predicted molar refractivity (Wildman–Crippen MR) is 104 cm³/mol. The van der Waals surface area contributed by atoms with Crippen LogP contribution in [0.2, 0.25) is 0 Å². The van der Waals surface area contributed by atoms with Crippen LogP contribution < -0.4 is 5.32 Å². The molecule has 0 saturated heterocycles. The maximum absolute atomic E-state index is 12.2. The molecule has 1 N–H and O–H groups in total. The van der Waals surface area contributed by atoms with Crippen molar-refractivity contribution in [1.29, 1.82) is 0 Å². The standard InChI is InChI=1S/C22H21NO5/c1-22(2,3)16-10-8-14(9-11-16)20(25)23-19(24)13-27-21(26)18-12-15-6-4-5-7-17(15)28-18/h4-12H,13H2,1-3H3,(H,23,24,25). The van der Waals surface area contributed by atoms with Gasteiger partial charge in [0.25, 0.3) is 11.8 Å². The van der Waals surface area contributed by atoms with E-state index in [1.807, 2.05) is 18.2 Å². The fourth-order valence-corrected chi connectivity index (χ4v) is 2.64. The van der Waals surface area contributed by atoms with E-state index in [1.54, 1.807) is 30.3 Å². The number of carbonyl (C=O) groups is 3. The van der Waals surface area contributed by atoms with Gasteiger partial charge in [-0.25, -0.2) is 4.79 Å². The number of fused-ring (bicyclic) bond motifs is 1. The van der Waals surface area contributed by atoms with Crippen molar-refractivity contribution >= 4 is 28.8 Å². The molecule has 144 valence electrons. The van der Waals surface area contributed by atoms with Gasteiger partial charge in [-0.1, -0.05) is 51.1 Å². The van der Waals surface area contributed by atoms with Crippen LogP contribution in [-0.4, -0.2) is 24.4 Å². The molecule has 3 aromatic rings. The first-order valence-electron chi connectivity index (χ1n) is 8.84. The third-order valence-electron chi connectivity index (χ3n) is 4.23. The summed E-state index contributed by atoms with van der Waals surface area (Å²) in [4.78, 5) is 36.1. The molecule has 0 aliphatic rings. The summed E-state index contributed by atoms with van der Waals surface area (Å²) < 4.78 is 10.3. The van der Waals surface area contributed by atoms with Gasteiger partial charge < -0.3 is 9.15 Å². The summed E-state index contributed by atoms with van der Waals surface area (Å²) >= 11 is 0. The molecule has 0 saturated carbocycles. The van der Waals surface area contributed by atoms with Crippen LogP contribution in [0.5, 0.6) is 0 Å². The highest BCUT2D eigenvalue weighted by atomic mass is 16.5. The van der Waals surface area contributed by atoms with Gasteiger partial charge in [-0.05, 0) is 35.2 Å². The molecule has 0 aliphatic heterocycles. The number of ether oxygens (including phenoxy) is 1. The number of furan rings is 1. The zero-order valence-corrected chi connectivity index (χ0v) is 15.9. The maximum atomic E-state index is 12.2. The molecule has 2 amide bonds. The van der Waals surface area contributed by atoms with Gasteiger partial charge in [0.2, 0.25) is 5.76 Å². The normalized spacial score (nSPS) is 11.2. The zero-order chi connectivity index (χ0) is 20.3. The van der Waals surface area contributed by atoms with E-state index in [2.05, 4.69) is 26.1 Å². The van der Waals surface area contributed by atoms with Gasteiger partial charge in [0.1, 0.15) is 5.58 Å². The molecular weight excluding hydrogens is 358 g/mol. The van der Waals surface area contributed by atoms with Gasteiger partial charge in [-0.2, -0.15) is 0 Å². The Balaban J connectivity index is 1.54. The molecule has 2 aromatic carbocycles. The number of rotatable bonds is 4. The van der Waals surface area contributed by atoms with E-state index >= 15 is 0 Å². The number of esters is 1. The molecule has 6 heteroatoms. The Morgan fingerprint density at radius 2 is 1.68 bits per heavy atom. The second kappa shape index (κ2) is 7.68. The monoisotopic (exact) mass is 379 g/mol. The van der Waals surface area contributed by atoms with E-state index in [0.717, 1.165) is 10.9 Å². The number of hydrogen-bond donors (Lipinski definition) is 1. The lowest BCUT2D eigenvalue weighted by Gasteiger charge is -2.18. The molecule has 1 heterocycles. The van der Waals surface area contributed by atoms with Crippen LogP contribution in [0.1, 0.15) is 47.2 Å². The Morgan fingerprint density at radius 1 is 1.00 bits per heavy atom. The Kier molecular flexibility index (Phi) is 5.31. The summed E-state index contributed by atoms with van der Waals surface area (Å²) in [6, 6.07) is 15.7. The molecule has 0 fully saturated rings. The summed E-state index contributed by atoms with van der Waals surface area (Å²) in [6.45, 7) is 5.63. The van der Waals surface area contributed by atoms with Crippen LogP contribution in [-0.2, 0) is 14.9 Å². The smallest absolute Gasteiger partial charge is 0.374 e. The van der Waals surface area contributed by atoms with Crippen LogP contribution in [0.15, 0.2) is 59.0 Å². The molecule has 0 bridgehead atoms. The van der Waals surface area contributed by atoms with E-state index in [-0.39, 0.29) is 11.2 Å². The lowest BCUT2D eigenvalue weighted by molar-refractivity contribution is -0.123. The number of hydrogen-bond acceptors (Lipinski definition) is 5. The number of carbonyl (C=O) groups excluding carboxylic acids is 3. The SMILES string of the molecule is CC(C)(C)c1ccc(C(=O)NC(=O)COC(=O)c2cc3ccccc3o2)cc1. The van der Waals surface area contributed by atoms with Crippen molar-refractivity contribution in [2.75, 3.05) is 6.61 Å². The number of imide groups is 1. The van der Waals surface area contributed by atoms with E-state index in [4.69, 9.17) is 9.15 Å². The first kappa shape index (κ1) is 19.4. The summed E-state index contributed by atoms with van der Waals surface area (Å²) in [5.41, 5.74) is 1.95.